The molecule has 0 radical (unpaired) electrons. The SMILES string of the molecule is NC(CCc1ccccc1)P(=O)(O)CC(Cc1ccccc1)C(=O)N[C@@H](Cc1ccccc1)C(=O)O. The molecule has 3 rings (SSSR count). The van der Waals surface area contributed by atoms with E-state index in [2.05, 4.69) is 5.32 Å². The number of hydrogen-bond acceptors (Lipinski definition) is 4. The van der Waals surface area contributed by atoms with Gasteiger partial charge in [0.05, 0.1) is 11.7 Å². The third-order valence-corrected chi connectivity index (χ3v) is 8.42. The molecule has 0 heterocycles. The molecule has 0 aromatic heterocycles. The third-order valence-electron chi connectivity index (χ3n) is 6.16. The van der Waals surface area contributed by atoms with Crippen molar-refractivity contribution in [2.75, 3.05) is 6.16 Å². The lowest BCUT2D eigenvalue weighted by atomic mass is 9.99. The number of carbonyl (C=O) groups excluding carboxylic acids is 1. The molecule has 3 aromatic rings. The molecule has 0 fully saturated rings. The third kappa shape index (κ3) is 8.45. The van der Waals surface area contributed by atoms with Crippen molar-refractivity contribution in [3.05, 3.63) is 108 Å². The van der Waals surface area contributed by atoms with E-state index in [0.717, 1.165) is 16.7 Å². The summed E-state index contributed by atoms with van der Waals surface area (Å²) in [6.45, 7) is 0. The Bertz CT molecular complexity index is 1160. The van der Waals surface area contributed by atoms with Gasteiger partial charge in [0.2, 0.25) is 13.3 Å². The number of amides is 1. The fraction of sp³-hybridized carbons (Fsp3) is 0.286. The molecule has 3 aromatic carbocycles. The summed E-state index contributed by atoms with van der Waals surface area (Å²) in [6.07, 6.45) is 0.804. The van der Waals surface area contributed by atoms with Gasteiger partial charge in [-0.25, -0.2) is 4.79 Å². The van der Waals surface area contributed by atoms with Crippen molar-refractivity contribution >= 4 is 19.2 Å². The first kappa shape index (κ1) is 27.3. The molecule has 8 heteroatoms. The fourth-order valence-corrected chi connectivity index (χ4v) is 5.82. The highest BCUT2D eigenvalue weighted by atomic mass is 31.2. The molecule has 0 saturated heterocycles. The highest BCUT2D eigenvalue weighted by Gasteiger charge is 2.35. The van der Waals surface area contributed by atoms with Crippen LogP contribution in [0.5, 0.6) is 0 Å². The molecule has 0 aliphatic rings. The van der Waals surface area contributed by atoms with E-state index in [1.165, 1.54) is 0 Å². The number of nitrogens with one attached hydrogen (secondary N) is 1. The van der Waals surface area contributed by atoms with Crippen LogP contribution in [-0.2, 0) is 33.4 Å². The molecule has 1 amide bonds. The highest BCUT2D eigenvalue weighted by Crippen LogP contribution is 2.47. The summed E-state index contributed by atoms with van der Waals surface area (Å²) in [4.78, 5) is 36.1. The van der Waals surface area contributed by atoms with Gasteiger partial charge < -0.3 is 21.1 Å². The van der Waals surface area contributed by atoms with E-state index < -0.39 is 37.0 Å². The molecule has 190 valence electrons. The molecule has 4 atom stereocenters. The first-order valence-corrected chi connectivity index (χ1v) is 13.9. The van der Waals surface area contributed by atoms with Crippen LogP contribution in [0, 0.1) is 5.92 Å². The van der Waals surface area contributed by atoms with Crippen molar-refractivity contribution in [1.82, 2.24) is 5.32 Å². The van der Waals surface area contributed by atoms with Gasteiger partial charge in [-0.3, -0.25) is 9.36 Å². The van der Waals surface area contributed by atoms with Crippen LogP contribution in [0.3, 0.4) is 0 Å². The second-order valence-corrected chi connectivity index (χ2v) is 11.5. The Hall–Kier alpha value is -3.25. The van der Waals surface area contributed by atoms with Gasteiger partial charge in [0, 0.05) is 12.6 Å². The van der Waals surface area contributed by atoms with Crippen LogP contribution in [0.2, 0.25) is 0 Å². The lowest BCUT2D eigenvalue weighted by molar-refractivity contribution is -0.142. The minimum absolute atomic E-state index is 0.105. The number of nitrogens with two attached hydrogens (primary N) is 1. The van der Waals surface area contributed by atoms with Gasteiger partial charge >= 0.3 is 5.97 Å². The minimum Gasteiger partial charge on any atom is -0.480 e. The Morgan fingerprint density at radius 3 is 1.78 bits per heavy atom. The maximum Gasteiger partial charge on any atom is 0.326 e. The summed E-state index contributed by atoms with van der Waals surface area (Å²) < 4.78 is 13.3. The van der Waals surface area contributed by atoms with Gasteiger partial charge in [-0.15, -0.1) is 0 Å². The first-order valence-electron chi connectivity index (χ1n) is 12.0. The van der Waals surface area contributed by atoms with Gasteiger partial charge in [-0.05, 0) is 36.0 Å². The molecule has 3 unspecified atom stereocenters. The zero-order valence-corrected chi connectivity index (χ0v) is 21.0. The van der Waals surface area contributed by atoms with E-state index in [-0.39, 0.29) is 19.0 Å². The summed E-state index contributed by atoms with van der Waals surface area (Å²) in [5.41, 5.74) is 8.74. The van der Waals surface area contributed by atoms with Crippen molar-refractivity contribution in [2.45, 2.75) is 37.5 Å². The molecule has 0 bridgehead atoms. The summed E-state index contributed by atoms with van der Waals surface area (Å²) in [5, 5.41) is 12.3. The summed E-state index contributed by atoms with van der Waals surface area (Å²) in [6, 6.07) is 26.5. The molecular weight excluding hydrogens is 475 g/mol. The lowest BCUT2D eigenvalue weighted by Crippen LogP contribution is -2.46. The number of benzene rings is 3. The maximum absolute atomic E-state index is 13.3. The molecular formula is C28H33N2O5P. The molecule has 0 saturated carbocycles. The Labute approximate surface area is 211 Å². The number of carbonyl (C=O) groups is 2. The van der Waals surface area contributed by atoms with Crippen molar-refractivity contribution in [3.8, 4) is 0 Å². The first-order chi connectivity index (χ1) is 17.2. The van der Waals surface area contributed by atoms with Crippen LogP contribution in [0.15, 0.2) is 91.0 Å². The molecule has 0 aliphatic carbocycles. The number of aryl methyl sites for hydroxylation is 1. The zero-order chi connectivity index (χ0) is 26.0. The van der Waals surface area contributed by atoms with Crippen LogP contribution in [0.4, 0.5) is 0 Å². The van der Waals surface area contributed by atoms with E-state index >= 15 is 0 Å². The number of rotatable bonds is 13. The lowest BCUT2D eigenvalue weighted by Gasteiger charge is -2.25. The predicted molar refractivity (Wildman–Crippen MR) is 141 cm³/mol. The van der Waals surface area contributed by atoms with Crippen LogP contribution in [-0.4, -0.2) is 39.9 Å². The summed E-state index contributed by atoms with van der Waals surface area (Å²) in [5.74, 6) is -3.66. The normalized spacial score (nSPS) is 15.3. The van der Waals surface area contributed by atoms with Crippen molar-refractivity contribution in [2.24, 2.45) is 11.7 Å². The Balaban J connectivity index is 1.73. The molecule has 5 N–H and O–H groups in total. The smallest absolute Gasteiger partial charge is 0.326 e. The van der Waals surface area contributed by atoms with Crippen molar-refractivity contribution in [3.63, 3.8) is 0 Å². The van der Waals surface area contributed by atoms with Crippen LogP contribution < -0.4 is 11.1 Å². The Morgan fingerprint density at radius 1 is 0.806 bits per heavy atom. The quantitative estimate of drug-likeness (QED) is 0.260. The predicted octanol–water partition coefficient (Wildman–Crippen LogP) is 3.85. The summed E-state index contributed by atoms with van der Waals surface area (Å²) in [7, 11) is -3.93. The van der Waals surface area contributed by atoms with E-state index in [9.17, 15) is 24.2 Å². The van der Waals surface area contributed by atoms with E-state index in [4.69, 9.17) is 5.73 Å². The van der Waals surface area contributed by atoms with Crippen LogP contribution in [0.1, 0.15) is 23.1 Å². The standard InChI is InChI=1S/C28H33N2O5P/c29-26(17-16-21-10-4-1-5-11-21)36(34,35)20-24(18-22-12-6-2-7-13-22)27(31)30-25(28(32)33)19-23-14-8-3-9-15-23/h1-15,24-26H,16-20,29H2,(H,30,31)(H,32,33)(H,34,35)/t24?,25-,26?/m0/s1. The number of carboxylic acids is 1. The van der Waals surface area contributed by atoms with Gasteiger partial charge in [-0.1, -0.05) is 91.0 Å². The second kappa shape index (κ2) is 13.2. The van der Waals surface area contributed by atoms with Crippen LogP contribution in [0.25, 0.3) is 0 Å². The Kier molecular flexibility index (Phi) is 10.00. The van der Waals surface area contributed by atoms with Gasteiger partial charge in [0.25, 0.3) is 0 Å². The number of hydrogen-bond donors (Lipinski definition) is 4. The van der Waals surface area contributed by atoms with Crippen molar-refractivity contribution in [1.29, 1.82) is 0 Å². The van der Waals surface area contributed by atoms with E-state index in [1.807, 2.05) is 66.7 Å². The van der Waals surface area contributed by atoms with Gasteiger partial charge in [0.1, 0.15) is 6.04 Å². The second-order valence-electron chi connectivity index (χ2n) is 9.01. The largest absolute Gasteiger partial charge is 0.480 e. The summed E-state index contributed by atoms with van der Waals surface area (Å²) >= 11 is 0. The molecule has 0 spiro atoms. The molecule has 36 heavy (non-hydrogen) atoms. The molecule has 0 aliphatic heterocycles. The van der Waals surface area contributed by atoms with E-state index in [0.29, 0.717) is 12.8 Å². The monoisotopic (exact) mass is 508 g/mol. The van der Waals surface area contributed by atoms with Gasteiger partial charge in [0.15, 0.2) is 0 Å². The average molecular weight is 509 g/mol. The number of aliphatic carboxylic acids is 1. The van der Waals surface area contributed by atoms with Crippen molar-refractivity contribution < 1.29 is 24.2 Å². The minimum atomic E-state index is -3.93. The average Bonchev–Trinajstić information content (AvgIpc) is 2.88. The topological polar surface area (TPSA) is 130 Å². The fourth-order valence-electron chi connectivity index (χ4n) is 4.09. The van der Waals surface area contributed by atoms with Crippen LogP contribution >= 0.6 is 7.37 Å². The zero-order valence-electron chi connectivity index (χ0n) is 20.1. The van der Waals surface area contributed by atoms with Gasteiger partial charge in [-0.2, -0.15) is 0 Å². The maximum atomic E-state index is 13.3. The highest BCUT2D eigenvalue weighted by molar-refractivity contribution is 7.58. The molecule has 7 nitrogen and oxygen atoms in total. The van der Waals surface area contributed by atoms with E-state index in [1.54, 1.807) is 24.3 Å². The Morgan fingerprint density at radius 2 is 1.28 bits per heavy atom. The number of carboxylic acid groups (broad SMARTS) is 1.